The Kier molecular flexibility index (Phi) is 5.37. The summed E-state index contributed by atoms with van der Waals surface area (Å²) in [6.45, 7) is 0. The van der Waals surface area contributed by atoms with E-state index >= 15 is 0 Å². The van der Waals surface area contributed by atoms with Gasteiger partial charge in [-0.1, -0.05) is 72.8 Å². The molecule has 3 aromatic carbocycles. The first-order chi connectivity index (χ1) is 12.7. The smallest absolute Gasteiger partial charge is 0.275 e. The number of nitrogens with one attached hydrogen (secondary N) is 1. The van der Waals surface area contributed by atoms with E-state index in [1.165, 1.54) is 6.07 Å². The number of benzene rings is 3. The molecular formula is C21H17N3O2. The van der Waals surface area contributed by atoms with E-state index in [1.807, 2.05) is 60.7 Å². The molecule has 0 aromatic heterocycles. The number of para-hydroxylation sites is 1. The topological polar surface area (TPSA) is 79.0 Å². The van der Waals surface area contributed by atoms with Crippen molar-refractivity contribution in [3.63, 3.8) is 0 Å². The zero-order valence-electron chi connectivity index (χ0n) is 13.9. The maximum atomic E-state index is 11.3. The van der Waals surface area contributed by atoms with Gasteiger partial charge in [0.25, 0.3) is 5.69 Å². The molecular weight excluding hydrogens is 326 g/mol. The highest BCUT2D eigenvalue weighted by atomic mass is 16.6. The van der Waals surface area contributed by atoms with Gasteiger partial charge in [-0.25, -0.2) is 0 Å². The minimum absolute atomic E-state index is 0.0635. The highest BCUT2D eigenvalue weighted by Crippen LogP contribution is 2.29. The van der Waals surface area contributed by atoms with Crippen molar-refractivity contribution < 1.29 is 4.92 Å². The number of hydrogen-bond donors (Lipinski definition) is 1. The molecule has 0 saturated carbocycles. The molecule has 0 saturated heterocycles. The molecule has 0 unspecified atom stereocenters. The Morgan fingerprint density at radius 1 is 0.846 bits per heavy atom. The fourth-order valence-electron chi connectivity index (χ4n) is 2.94. The lowest BCUT2D eigenvalue weighted by Gasteiger charge is -2.23. The summed E-state index contributed by atoms with van der Waals surface area (Å²) in [6, 6.07) is 26.9. The monoisotopic (exact) mass is 343 g/mol. The van der Waals surface area contributed by atoms with Gasteiger partial charge < -0.3 is 0 Å². The van der Waals surface area contributed by atoms with Crippen molar-refractivity contribution in [3.05, 3.63) is 112 Å². The minimum atomic E-state index is -0.818. The Hall–Kier alpha value is -3.49. The van der Waals surface area contributed by atoms with E-state index in [9.17, 15) is 15.4 Å². The van der Waals surface area contributed by atoms with Gasteiger partial charge in [-0.3, -0.25) is 15.4 Å². The van der Waals surface area contributed by atoms with Crippen LogP contribution in [0.15, 0.2) is 84.9 Å². The highest BCUT2D eigenvalue weighted by Gasteiger charge is 2.25. The van der Waals surface area contributed by atoms with E-state index in [-0.39, 0.29) is 11.7 Å². The van der Waals surface area contributed by atoms with Crippen molar-refractivity contribution in [1.82, 2.24) is 5.32 Å². The molecule has 0 radical (unpaired) electrons. The summed E-state index contributed by atoms with van der Waals surface area (Å²) in [5.74, 6) is 0. The van der Waals surface area contributed by atoms with Crippen LogP contribution in [-0.4, -0.2) is 4.92 Å². The van der Waals surface area contributed by atoms with Crippen LogP contribution < -0.4 is 5.32 Å². The molecule has 3 rings (SSSR count). The molecule has 1 N–H and O–H groups in total. The Labute approximate surface area is 151 Å². The average molecular weight is 343 g/mol. The number of rotatable bonds is 6. The molecule has 0 heterocycles. The van der Waals surface area contributed by atoms with E-state index < -0.39 is 11.0 Å². The second kappa shape index (κ2) is 8.06. The average Bonchev–Trinajstić information content (AvgIpc) is 2.70. The molecule has 26 heavy (non-hydrogen) atoms. The number of nitro groups is 1. The first-order valence-corrected chi connectivity index (χ1v) is 8.19. The standard InChI is InChI=1S/C21H17N3O2/c22-15-19(18-13-7-8-14-20(18)24(25)26)23-21(16-9-3-1-4-10-16)17-11-5-2-6-12-17/h1-14,19,21,23H/t19-/m1/s1. The number of nitriles is 1. The predicted octanol–water partition coefficient (Wildman–Crippen LogP) is 4.54. The summed E-state index contributed by atoms with van der Waals surface area (Å²) < 4.78 is 0. The summed E-state index contributed by atoms with van der Waals surface area (Å²) >= 11 is 0. The highest BCUT2D eigenvalue weighted by molar-refractivity contribution is 5.45. The molecule has 3 aromatic rings. The zero-order valence-corrected chi connectivity index (χ0v) is 13.9. The lowest BCUT2D eigenvalue weighted by molar-refractivity contribution is -0.385. The second-order valence-corrected chi connectivity index (χ2v) is 5.80. The molecule has 0 bridgehead atoms. The summed E-state index contributed by atoms with van der Waals surface area (Å²) in [6.07, 6.45) is 0. The number of nitrogens with zero attached hydrogens (tertiary/aromatic N) is 2. The molecule has 5 nitrogen and oxygen atoms in total. The number of nitro benzene ring substituents is 1. The fraction of sp³-hybridized carbons (Fsp3) is 0.0952. The lowest BCUT2D eigenvalue weighted by Crippen LogP contribution is -2.27. The van der Waals surface area contributed by atoms with Crippen molar-refractivity contribution in [2.24, 2.45) is 0 Å². The third-order valence-electron chi connectivity index (χ3n) is 4.17. The first kappa shape index (κ1) is 17.3. The van der Waals surface area contributed by atoms with Gasteiger partial charge >= 0.3 is 0 Å². The van der Waals surface area contributed by atoms with Crippen LogP contribution >= 0.6 is 0 Å². The molecule has 1 atom stereocenters. The SMILES string of the molecule is N#C[C@@H](NC(c1ccccc1)c1ccccc1)c1ccccc1[N+](=O)[O-]. The number of hydrogen-bond acceptors (Lipinski definition) is 4. The summed E-state index contributed by atoms with van der Waals surface area (Å²) in [7, 11) is 0. The van der Waals surface area contributed by atoms with Gasteiger partial charge in [-0.05, 0) is 17.2 Å². The summed E-state index contributed by atoms with van der Waals surface area (Å²) in [4.78, 5) is 10.9. The van der Waals surface area contributed by atoms with Crippen molar-refractivity contribution >= 4 is 5.69 Å². The molecule has 0 amide bonds. The van der Waals surface area contributed by atoms with Crippen LogP contribution in [-0.2, 0) is 0 Å². The quantitative estimate of drug-likeness (QED) is 0.526. The van der Waals surface area contributed by atoms with Gasteiger partial charge in [0, 0.05) is 6.07 Å². The van der Waals surface area contributed by atoms with E-state index in [2.05, 4.69) is 11.4 Å². The van der Waals surface area contributed by atoms with Crippen LogP contribution in [0.2, 0.25) is 0 Å². The molecule has 0 spiro atoms. The molecule has 0 aliphatic heterocycles. The van der Waals surface area contributed by atoms with Gasteiger partial charge in [-0.15, -0.1) is 0 Å². The maximum Gasteiger partial charge on any atom is 0.275 e. The Bertz CT molecular complexity index is 881. The fourth-order valence-corrected chi connectivity index (χ4v) is 2.94. The Balaban J connectivity index is 2.01. The summed E-state index contributed by atoms with van der Waals surface area (Å²) in [5.41, 5.74) is 2.26. The molecule has 0 aliphatic carbocycles. The van der Waals surface area contributed by atoms with E-state index in [1.54, 1.807) is 18.2 Å². The van der Waals surface area contributed by atoms with Crippen molar-refractivity contribution in [1.29, 1.82) is 5.26 Å². The van der Waals surface area contributed by atoms with Crippen LogP contribution in [0.1, 0.15) is 28.8 Å². The van der Waals surface area contributed by atoms with E-state index in [0.717, 1.165) is 11.1 Å². The normalized spacial score (nSPS) is 11.7. The molecule has 0 fully saturated rings. The van der Waals surface area contributed by atoms with Crippen LogP contribution in [0.25, 0.3) is 0 Å². The predicted molar refractivity (Wildman–Crippen MR) is 99.3 cm³/mol. The van der Waals surface area contributed by atoms with E-state index in [0.29, 0.717) is 5.56 Å². The Morgan fingerprint density at radius 2 is 1.35 bits per heavy atom. The van der Waals surface area contributed by atoms with Gasteiger partial charge in [0.1, 0.15) is 6.04 Å². The molecule has 5 heteroatoms. The molecule has 128 valence electrons. The van der Waals surface area contributed by atoms with E-state index in [4.69, 9.17) is 0 Å². The van der Waals surface area contributed by atoms with Gasteiger partial charge in [-0.2, -0.15) is 5.26 Å². The van der Waals surface area contributed by atoms with Crippen LogP contribution in [0, 0.1) is 21.4 Å². The van der Waals surface area contributed by atoms with Crippen molar-refractivity contribution in [2.75, 3.05) is 0 Å². The van der Waals surface area contributed by atoms with Crippen LogP contribution in [0.4, 0.5) is 5.69 Å². The van der Waals surface area contributed by atoms with Gasteiger partial charge in [0.05, 0.1) is 22.6 Å². The summed E-state index contributed by atoms with van der Waals surface area (Å²) in [5, 5.41) is 24.3. The van der Waals surface area contributed by atoms with Crippen molar-refractivity contribution in [3.8, 4) is 6.07 Å². The largest absolute Gasteiger partial charge is 0.287 e. The third-order valence-corrected chi connectivity index (χ3v) is 4.17. The van der Waals surface area contributed by atoms with Gasteiger partial charge in [0.15, 0.2) is 0 Å². The van der Waals surface area contributed by atoms with Crippen LogP contribution in [0.3, 0.4) is 0 Å². The molecule has 0 aliphatic rings. The first-order valence-electron chi connectivity index (χ1n) is 8.19. The van der Waals surface area contributed by atoms with Gasteiger partial charge in [0.2, 0.25) is 0 Å². The zero-order chi connectivity index (χ0) is 18.4. The second-order valence-electron chi connectivity index (χ2n) is 5.80. The lowest BCUT2D eigenvalue weighted by atomic mass is 9.96. The third kappa shape index (κ3) is 3.77. The maximum absolute atomic E-state index is 11.3. The van der Waals surface area contributed by atoms with Crippen LogP contribution in [0.5, 0.6) is 0 Å². The Morgan fingerprint density at radius 3 is 1.85 bits per heavy atom. The van der Waals surface area contributed by atoms with Crippen molar-refractivity contribution in [2.45, 2.75) is 12.1 Å². The minimum Gasteiger partial charge on any atom is -0.287 e.